The summed E-state index contributed by atoms with van der Waals surface area (Å²) in [6, 6.07) is 0. The summed E-state index contributed by atoms with van der Waals surface area (Å²) in [5, 5.41) is 0. The van der Waals surface area contributed by atoms with E-state index in [-0.39, 0.29) is 0 Å². The van der Waals surface area contributed by atoms with Crippen molar-refractivity contribution >= 4 is 0 Å². The van der Waals surface area contributed by atoms with E-state index in [1.54, 1.807) is 0 Å². The molecule has 16 heteroatoms. The minimum absolute atomic E-state index is 0.515. The average Bonchev–Trinajstić information content (AvgIpc) is 3.15. The van der Waals surface area contributed by atoms with Gasteiger partial charge in [-0.1, -0.05) is 0 Å². The molecule has 0 aromatic carbocycles. The lowest BCUT2D eigenvalue weighted by Gasteiger charge is -2.22. The van der Waals surface area contributed by atoms with Crippen molar-refractivity contribution < 1.29 is 71.1 Å². The Kier molecular flexibility index (Phi) is 47.8. The molecule has 0 amide bonds. The van der Waals surface area contributed by atoms with Crippen LogP contribution in [0.5, 0.6) is 0 Å². The van der Waals surface area contributed by atoms with Crippen molar-refractivity contribution in [2.45, 2.75) is 20.8 Å². The third-order valence-electron chi connectivity index (χ3n) is 6.73. The second-order valence-corrected chi connectivity index (χ2v) is 10.8. The topological polar surface area (TPSA) is 142 Å². The van der Waals surface area contributed by atoms with Crippen LogP contribution in [0, 0.1) is 0 Å². The quantitative estimate of drug-likeness (QED) is 0.0829. The fourth-order valence-electron chi connectivity index (χ4n) is 3.99. The molecule has 0 fully saturated rings. The Morgan fingerprint density at radius 2 is 0.327 bits per heavy atom. The molecule has 0 heterocycles. The first-order valence-electron chi connectivity index (χ1n) is 19.2. The van der Waals surface area contributed by atoms with Crippen molar-refractivity contribution in [1.29, 1.82) is 0 Å². The van der Waals surface area contributed by atoms with Gasteiger partial charge in [0.05, 0.1) is 178 Å². The summed E-state index contributed by atoms with van der Waals surface area (Å²) in [6.07, 6.45) is 0. The van der Waals surface area contributed by atoms with Gasteiger partial charge < -0.3 is 71.1 Å². The maximum atomic E-state index is 5.80. The van der Waals surface area contributed by atoms with Crippen molar-refractivity contribution in [1.82, 2.24) is 4.90 Å². The summed E-state index contributed by atoms with van der Waals surface area (Å²) in [7, 11) is 0. The molecule has 314 valence electrons. The Balaban J connectivity index is 3.94. The first kappa shape index (κ1) is 51.4. The lowest BCUT2D eigenvalue weighted by molar-refractivity contribution is -0.0187. The zero-order valence-electron chi connectivity index (χ0n) is 32.9. The molecule has 0 aliphatic heterocycles. The predicted molar refractivity (Wildman–Crippen MR) is 196 cm³/mol. The Morgan fingerprint density at radius 3 is 0.481 bits per heavy atom. The van der Waals surface area contributed by atoms with Gasteiger partial charge in [-0.25, -0.2) is 0 Å². The van der Waals surface area contributed by atoms with Crippen LogP contribution in [-0.4, -0.2) is 223 Å². The Bertz CT molecular complexity index is 549. The molecule has 0 saturated heterocycles. The molecule has 0 bridgehead atoms. The Labute approximate surface area is 314 Å². The van der Waals surface area contributed by atoms with Crippen molar-refractivity contribution in [2.75, 3.05) is 218 Å². The second-order valence-electron chi connectivity index (χ2n) is 10.8. The zero-order chi connectivity index (χ0) is 37.5. The Morgan fingerprint density at radius 1 is 0.192 bits per heavy atom. The summed E-state index contributed by atoms with van der Waals surface area (Å²) in [4.78, 5) is 2.27. The highest BCUT2D eigenvalue weighted by Crippen LogP contribution is 1.93. The van der Waals surface area contributed by atoms with Gasteiger partial charge >= 0.3 is 0 Å². The number of hydrogen-bond acceptors (Lipinski definition) is 16. The van der Waals surface area contributed by atoms with Gasteiger partial charge in [0.1, 0.15) is 0 Å². The number of rotatable bonds is 48. The molecule has 0 aliphatic rings. The van der Waals surface area contributed by atoms with Crippen LogP contribution in [-0.2, 0) is 71.1 Å². The average molecular weight is 762 g/mol. The molecule has 0 N–H and O–H groups in total. The van der Waals surface area contributed by atoms with E-state index in [0.717, 1.165) is 19.6 Å². The summed E-state index contributed by atoms with van der Waals surface area (Å²) in [5.74, 6) is 0. The van der Waals surface area contributed by atoms with Crippen molar-refractivity contribution in [3.05, 3.63) is 0 Å². The van der Waals surface area contributed by atoms with Crippen molar-refractivity contribution in [3.8, 4) is 0 Å². The molecule has 0 spiro atoms. The first-order chi connectivity index (χ1) is 25.8. The van der Waals surface area contributed by atoms with Gasteiger partial charge in [0.15, 0.2) is 0 Å². The maximum Gasteiger partial charge on any atom is 0.0701 e. The molecule has 0 saturated carbocycles. The van der Waals surface area contributed by atoms with Crippen molar-refractivity contribution in [2.24, 2.45) is 0 Å². The van der Waals surface area contributed by atoms with Crippen LogP contribution in [0.15, 0.2) is 0 Å². The van der Waals surface area contributed by atoms with Gasteiger partial charge in [0.2, 0.25) is 0 Å². The highest BCUT2D eigenvalue weighted by atomic mass is 16.6. The molecule has 0 unspecified atom stereocenters. The van der Waals surface area contributed by atoms with E-state index < -0.39 is 0 Å². The molecule has 0 rings (SSSR count). The van der Waals surface area contributed by atoms with Crippen LogP contribution in [0.25, 0.3) is 0 Å². The molecule has 0 aromatic heterocycles. The molecule has 52 heavy (non-hydrogen) atoms. The van der Waals surface area contributed by atoms with Gasteiger partial charge in [0, 0.05) is 39.5 Å². The molecular formula is C36H75NO15. The summed E-state index contributed by atoms with van der Waals surface area (Å²) in [5.41, 5.74) is 0. The highest BCUT2D eigenvalue weighted by Gasteiger charge is 2.06. The van der Waals surface area contributed by atoms with Gasteiger partial charge in [-0.3, -0.25) is 4.90 Å². The zero-order valence-corrected chi connectivity index (χ0v) is 32.9. The van der Waals surface area contributed by atoms with Gasteiger partial charge in [-0.05, 0) is 20.8 Å². The number of ether oxygens (including phenoxy) is 15. The van der Waals surface area contributed by atoms with E-state index in [1.165, 1.54) is 0 Å². The third kappa shape index (κ3) is 45.5. The molecule has 16 nitrogen and oxygen atoms in total. The minimum Gasteiger partial charge on any atom is -0.379 e. The van der Waals surface area contributed by atoms with Gasteiger partial charge in [-0.2, -0.15) is 0 Å². The summed E-state index contributed by atoms with van der Waals surface area (Å²) < 4.78 is 82.6. The standard InChI is InChI=1S/C36H75NO15/c1-4-38-13-16-44-25-28-50-34-31-47-22-19-41-10-7-37(8-11-42-20-23-48-32-35-51-29-26-45-17-14-39-5-2)9-12-43-21-24-49-33-36-52-30-27-46-18-15-40-6-3/h4-36H2,1-3H3. The smallest absolute Gasteiger partial charge is 0.0701 e. The van der Waals surface area contributed by atoms with Crippen LogP contribution in [0.2, 0.25) is 0 Å². The summed E-state index contributed by atoms with van der Waals surface area (Å²) >= 11 is 0. The predicted octanol–water partition coefficient (Wildman–Crippen LogP) is 1.60. The molecular weight excluding hydrogens is 686 g/mol. The van der Waals surface area contributed by atoms with Crippen LogP contribution in [0.4, 0.5) is 0 Å². The van der Waals surface area contributed by atoms with Crippen LogP contribution in [0.3, 0.4) is 0 Å². The van der Waals surface area contributed by atoms with E-state index in [9.17, 15) is 0 Å². The SMILES string of the molecule is CCOCCOCCOCCOCCOCCN(CCOCCOCCOCCOCCOCC)CCOCCOCCOCCOCCOCC. The van der Waals surface area contributed by atoms with Crippen LogP contribution in [0.1, 0.15) is 20.8 Å². The van der Waals surface area contributed by atoms with E-state index in [4.69, 9.17) is 71.1 Å². The monoisotopic (exact) mass is 762 g/mol. The number of hydrogen-bond donors (Lipinski definition) is 0. The minimum atomic E-state index is 0.515. The first-order valence-corrected chi connectivity index (χ1v) is 19.2. The van der Waals surface area contributed by atoms with Crippen molar-refractivity contribution in [3.63, 3.8) is 0 Å². The molecule has 0 aromatic rings. The molecule has 0 radical (unpaired) electrons. The fourth-order valence-corrected chi connectivity index (χ4v) is 3.99. The second kappa shape index (κ2) is 48.4. The van der Waals surface area contributed by atoms with E-state index in [1.807, 2.05) is 20.8 Å². The van der Waals surface area contributed by atoms with Crippen LogP contribution >= 0.6 is 0 Å². The van der Waals surface area contributed by atoms with E-state index >= 15 is 0 Å². The largest absolute Gasteiger partial charge is 0.379 e. The normalized spacial score (nSPS) is 11.8. The van der Waals surface area contributed by atoms with E-state index in [2.05, 4.69) is 4.90 Å². The molecule has 0 aliphatic carbocycles. The third-order valence-corrected chi connectivity index (χ3v) is 6.73. The number of nitrogens with zero attached hydrogens (tertiary/aromatic N) is 1. The summed E-state index contributed by atoms with van der Waals surface area (Å²) in [6.45, 7) is 25.1. The van der Waals surface area contributed by atoms with E-state index in [0.29, 0.717) is 198 Å². The lowest BCUT2D eigenvalue weighted by atomic mass is 10.4. The fraction of sp³-hybridized carbons (Fsp3) is 1.00. The lowest BCUT2D eigenvalue weighted by Crippen LogP contribution is -2.34. The maximum absolute atomic E-state index is 5.80. The van der Waals surface area contributed by atoms with Crippen LogP contribution < -0.4 is 0 Å². The molecule has 0 atom stereocenters. The highest BCUT2D eigenvalue weighted by molar-refractivity contribution is 4.57. The van der Waals surface area contributed by atoms with Gasteiger partial charge in [0.25, 0.3) is 0 Å². The van der Waals surface area contributed by atoms with Gasteiger partial charge in [-0.15, -0.1) is 0 Å². The Hall–Kier alpha value is -0.640.